The van der Waals surface area contributed by atoms with Gasteiger partial charge in [-0.1, -0.05) is 6.07 Å². The summed E-state index contributed by atoms with van der Waals surface area (Å²) < 4.78 is 59.7. The van der Waals surface area contributed by atoms with E-state index in [1.165, 1.54) is 41.4 Å². The summed E-state index contributed by atoms with van der Waals surface area (Å²) in [7, 11) is -5.83. The van der Waals surface area contributed by atoms with Gasteiger partial charge in [-0.15, -0.1) is 0 Å². The molecule has 3 N–H and O–H groups in total. The van der Waals surface area contributed by atoms with Gasteiger partial charge in [-0.2, -0.15) is 8.42 Å². The van der Waals surface area contributed by atoms with Gasteiger partial charge >= 0.3 is 0 Å². The van der Waals surface area contributed by atoms with Gasteiger partial charge in [0.25, 0.3) is 15.6 Å². The van der Waals surface area contributed by atoms with E-state index >= 15 is 0 Å². The number of ether oxygens (including phenoxy) is 1. The first kappa shape index (κ1) is 24.3. The van der Waals surface area contributed by atoms with E-state index in [2.05, 4.69) is 19.7 Å². The first-order chi connectivity index (χ1) is 17.5. The van der Waals surface area contributed by atoms with Crippen LogP contribution in [0.25, 0.3) is 22.0 Å². The summed E-state index contributed by atoms with van der Waals surface area (Å²) in [5, 5.41) is 0.502. The Morgan fingerprint density at radius 2 is 1.81 bits per heavy atom. The largest absolute Gasteiger partial charge is 0.457 e. The molecule has 0 saturated heterocycles. The predicted octanol–water partition coefficient (Wildman–Crippen LogP) is 3.25. The second kappa shape index (κ2) is 8.94. The molecule has 190 valence electrons. The number of imidazole rings is 1. The first-order valence-corrected chi connectivity index (χ1v) is 14.2. The number of aromatic nitrogens is 4. The maximum Gasteiger partial charge on any atom is 0.278 e. The Morgan fingerprint density at radius 3 is 2.54 bits per heavy atom. The molecule has 5 rings (SSSR count). The number of rotatable bonds is 7. The molecule has 0 aliphatic rings. The third-order valence-electron chi connectivity index (χ3n) is 5.64. The molecule has 13 heteroatoms. The van der Waals surface area contributed by atoms with E-state index < -0.39 is 19.9 Å². The second-order valence-corrected chi connectivity index (χ2v) is 12.0. The summed E-state index contributed by atoms with van der Waals surface area (Å²) in [6.07, 6.45) is 6.80. The number of fused-ring (bicyclic) bond motifs is 1. The van der Waals surface area contributed by atoms with Gasteiger partial charge < -0.3 is 19.3 Å². The molecule has 0 saturated carbocycles. The van der Waals surface area contributed by atoms with Crippen molar-refractivity contribution in [2.75, 3.05) is 11.0 Å². The quantitative estimate of drug-likeness (QED) is 0.287. The van der Waals surface area contributed by atoms with Gasteiger partial charge in [0.2, 0.25) is 0 Å². The molecule has 0 radical (unpaired) electrons. The topological polar surface area (TPSA) is 156 Å². The van der Waals surface area contributed by atoms with Crippen molar-refractivity contribution in [1.29, 1.82) is 0 Å². The molecule has 0 spiro atoms. The van der Waals surface area contributed by atoms with Crippen molar-refractivity contribution < 1.29 is 21.6 Å². The molecule has 0 aliphatic heterocycles. The Balaban J connectivity index is 1.59. The van der Waals surface area contributed by atoms with Crippen molar-refractivity contribution in [3.63, 3.8) is 0 Å². The fourth-order valence-corrected chi connectivity index (χ4v) is 5.47. The zero-order valence-corrected chi connectivity index (χ0v) is 21.2. The molecule has 3 aromatic heterocycles. The minimum Gasteiger partial charge on any atom is -0.457 e. The van der Waals surface area contributed by atoms with Crippen molar-refractivity contribution in [3.05, 3.63) is 83.8 Å². The van der Waals surface area contributed by atoms with Crippen LogP contribution in [0.15, 0.2) is 88.2 Å². The van der Waals surface area contributed by atoms with Gasteiger partial charge in [0.1, 0.15) is 17.0 Å². The van der Waals surface area contributed by atoms with Crippen molar-refractivity contribution >= 4 is 36.5 Å². The Bertz CT molecular complexity index is 1910. The highest BCUT2D eigenvalue weighted by molar-refractivity contribution is 7.92. The number of anilines is 1. The van der Waals surface area contributed by atoms with Gasteiger partial charge in [0.15, 0.2) is 14.9 Å². The third-order valence-corrected chi connectivity index (χ3v) is 8.06. The number of pyridine rings is 1. The van der Waals surface area contributed by atoms with E-state index in [0.717, 1.165) is 6.26 Å². The maximum absolute atomic E-state index is 12.6. The summed E-state index contributed by atoms with van der Waals surface area (Å²) in [6.45, 7) is 0. The van der Waals surface area contributed by atoms with Crippen molar-refractivity contribution in [3.8, 4) is 22.6 Å². The number of sulfone groups is 1. The van der Waals surface area contributed by atoms with Crippen molar-refractivity contribution in [2.45, 2.75) is 9.92 Å². The lowest BCUT2D eigenvalue weighted by Crippen LogP contribution is -2.16. The lowest BCUT2D eigenvalue weighted by atomic mass is 10.0. The normalized spacial score (nSPS) is 12.1. The number of nitrogens with one attached hydrogen (secondary N) is 3. The lowest BCUT2D eigenvalue weighted by molar-refractivity contribution is 0.484. The fraction of sp³-hybridized carbons (Fsp3) is 0.0833. The van der Waals surface area contributed by atoms with Crippen LogP contribution in [0, 0.1) is 0 Å². The zero-order valence-electron chi connectivity index (χ0n) is 19.6. The number of benzene rings is 2. The molecule has 0 fully saturated rings. The Hall–Kier alpha value is -4.36. The molecular formula is C24H21N5O6S2. The summed E-state index contributed by atoms with van der Waals surface area (Å²) in [5.41, 5.74) is 1.40. The maximum atomic E-state index is 12.6. The van der Waals surface area contributed by atoms with Crippen LogP contribution < -0.4 is 15.0 Å². The molecule has 0 atom stereocenters. The number of H-pyrrole nitrogens is 2. The van der Waals surface area contributed by atoms with E-state index in [1.807, 2.05) is 0 Å². The van der Waals surface area contributed by atoms with Gasteiger partial charge in [0, 0.05) is 48.3 Å². The molecule has 5 aromatic rings. The van der Waals surface area contributed by atoms with Crippen LogP contribution >= 0.6 is 0 Å². The van der Waals surface area contributed by atoms with E-state index in [0.29, 0.717) is 33.5 Å². The Morgan fingerprint density at radius 1 is 1.00 bits per heavy atom. The van der Waals surface area contributed by atoms with E-state index in [9.17, 15) is 21.6 Å². The summed E-state index contributed by atoms with van der Waals surface area (Å²) in [5.74, 6) is 0.607. The van der Waals surface area contributed by atoms with Gasteiger partial charge in [-0.05, 0) is 36.4 Å². The number of hydrogen-bond acceptors (Lipinski definition) is 7. The number of aromatic amines is 2. The monoisotopic (exact) mass is 539 g/mol. The average molecular weight is 540 g/mol. The van der Waals surface area contributed by atoms with Gasteiger partial charge in [-0.3, -0.25) is 9.52 Å². The summed E-state index contributed by atoms with van der Waals surface area (Å²) in [4.78, 5) is 21.8. The van der Waals surface area contributed by atoms with Gasteiger partial charge in [-0.25, -0.2) is 13.4 Å². The number of aryl methyl sites for hydroxylation is 1. The van der Waals surface area contributed by atoms with Crippen LogP contribution in [0.4, 0.5) is 5.69 Å². The third kappa shape index (κ3) is 4.73. The van der Waals surface area contributed by atoms with Crippen LogP contribution in [-0.4, -0.2) is 42.6 Å². The number of nitrogens with zero attached hydrogens (tertiary/aromatic N) is 2. The van der Waals surface area contributed by atoms with E-state index in [1.54, 1.807) is 43.7 Å². The molecule has 37 heavy (non-hydrogen) atoms. The van der Waals surface area contributed by atoms with Crippen LogP contribution in [0.3, 0.4) is 0 Å². The van der Waals surface area contributed by atoms with E-state index in [-0.39, 0.29) is 21.2 Å². The van der Waals surface area contributed by atoms with Crippen molar-refractivity contribution in [1.82, 2.24) is 19.5 Å². The van der Waals surface area contributed by atoms with Crippen LogP contribution in [0.2, 0.25) is 0 Å². The lowest BCUT2D eigenvalue weighted by Gasteiger charge is -2.15. The fourth-order valence-electron chi connectivity index (χ4n) is 3.87. The number of sulfonamides is 1. The van der Waals surface area contributed by atoms with Crippen LogP contribution in [-0.2, 0) is 26.9 Å². The van der Waals surface area contributed by atoms with Crippen molar-refractivity contribution in [2.24, 2.45) is 7.05 Å². The summed E-state index contributed by atoms with van der Waals surface area (Å²) in [6, 6.07) is 12.5. The summed E-state index contributed by atoms with van der Waals surface area (Å²) >= 11 is 0. The minimum atomic E-state index is -3.89. The molecule has 0 amide bonds. The number of hydrogen-bond donors (Lipinski definition) is 3. The average Bonchev–Trinajstić information content (AvgIpc) is 3.54. The minimum absolute atomic E-state index is 0.0773. The highest BCUT2D eigenvalue weighted by atomic mass is 32.2. The molecule has 0 unspecified atom stereocenters. The van der Waals surface area contributed by atoms with Crippen LogP contribution in [0.5, 0.6) is 11.5 Å². The standard InChI is InChI=1S/C24H21N5O6S2/c1-29-13-20(18-8-9-26-23(18)24(29)30)19-11-17(36(2,31)32)6-7-21(19)35-16-5-3-4-15(10-16)28-37(33,34)22-12-25-14-27-22/h3-14,26,28H,1-2H3,(H,25,27). The highest BCUT2D eigenvalue weighted by Crippen LogP contribution is 2.38. The second-order valence-electron chi connectivity index (χ2n) is 8.31. The Kier molecular flexibility index (Phi) is 5.88. The molecule has 2 aromatic carbocycles. The predicted molar refractivity (Wildman–Crippen MR) is 138 cm³/mol. The zero-order chi connectivity index (χ0) is 26.4. The Labute approximate surface area is 211 Å². The first-order valence-electron chi connectivity index (χ1n) is 10.8. The molecular weight excluding hydrogens is 518 g/mol. The molecule has 0 aliphatic carbocycles. The highest BCUT2D eigenvalue weighted by Gasteiger charge is 2.19. The molecule has 11 nitrogen and oxygen atoms in total. The van der Waals surface area contributed by atoms with Crippen LogP contribution in [0.1, 0.15) is 0 Å². The smallest absolute Gasteiger partial charge is 0.278 e. The van der Waals surface area contributed by atoms with E-state index in [4.69, 9.17) is 4.74 Å². The SMILES string of the molecule is Cn1cc(-c2cc(S(C)(=O)=O)ccc2Oc2cccc(NS(=O)(=O)c3cnc[nH]3)c2)c2cc[nH]c2c1=O. The molecule has 3 heterocycles. The van der Waals surface area contributed by atoms with Gasteiger partial charge in [0.05, 0.1) is 23.1 Å². The molecule has 0 bridgehead atoms.